The van der Waals surface area contributed by atoms with Crippen molar-refractivity contribution in [1.29, 1.82) is 0 Å². The van der Waals surface area contributed by atoms with Gasteiger partial charge in [-0.2, -0.15) is 5.10 Å². The van der Waals surface area contributed by atoms with Crippen LogP contribution >= 0.6 is 22.6 Å². The van der Waals surface area contributed by atoms with E-state index in [0.717, 1.165) is 9.39 Å². The van der Waals surface area contributed by atoms with Gasteiger partial charge in [-0.25, -0.2) is 9.67 Å². The van der Waals surface area contributed by atoms with Gasteiger partial charge >= 0.3 is 0 Å². The fraction of sp³-hybridized carbons (Fsp3) is 0.333. The predicted octanol–water partition coefficient (Wildman–Crippen LogP) is 3.17. The van der Waals surface area contributed by atoms with Gasteiger partial charge in [-0.1, -0.05) is 26.8 Å². The summed E-state index contributed by atoms with van der Waals surface area (Å²) in [5.41, 5.74) is 1.38. The molecule has 0 bridgehead atoms. The van der Waals surface area contributed by atoms with Gasteiger partial charge in [-0.3, -0.25) is 0 Å². The first-order chi connectivity index (χ1) is 7.47. The molecule has 0 radical (unpaired) electrons. The molecular formula is C12H14IN3. The van der Waals surface area contributed by atoms with Crippen LogP contribution in [0.2, 0.25) is 0 Å². The lowest BCUT2D eigenvalue weighted by Gasteiger charge is -2.18. The first-order valence-electron chi connectivity index (χ1n) is 5.14. The van der Waals surface area contributed by atoms with E-state index in [4.69, 9.17) is 0 Å². The summed E-state index contributed by atoms with van der Waals surface area (Å²) in [4.78, 5) is 4.43. The minimum absolute atomic E-state index is 0.143. The Kier molecular flexibility index (Phi) is 3.01. The van der Waals surface area contributed by atoms with E-state index in [1.54, 1.807) is 4.68 Å². The SMILES string of the molecule is CC(C)(C)c1ccc(-n2cc(I)cn2)nc1. The monoisotopic (exact) mass is 327 g/mol. The number of aromatic nitrogens is 3. The standard InChI is InChI=1S/C12H14IN3/c1-12(2,3)9-4-5-11(14-6-9)16-8-10(13)7-15-16/h4-8H,1-3H3. The van der Waals surface area contributed by atoms with E-state index in [9.17, 15) is 0 Å². The van der Waals surface area contributed by atoms with Crippen molar-refractivity contribution in [3.05, 3.63) is 39.9 Å². The lowest BCUT2D eigenvalue weighted by Crippen LogP contribution is -2.12. The summed E-state index contributed by atoms with van der Waals surface area (Å²) >= 11 is 2.24. The van der Waals surface area contributed by atoms with Gasteiger partial charge in [0.2, 0.25) is 0 Å². The predicted molar refractivity (Wildman–Crippen MR) is 72.8 cm³/mol. The van der Waals surface area contributed by atoms with Crippen LogP contribution in [-0.4, -0.2) is 14.8 Å². The van der Waals surface area contributed by atoms with Crippen molar-refractivity contribution < 1.29 is 0 Å². The fourth-order valence-corrected chi connectivity index (χ4v) is 1.78. The molecule has 0 N–H and O–H groups in total. The van der Waals surface area contributed by atoms with Crippen LogP contribution < -0.4 is 0 Å². The molecule has 2 rings (SSSR count). The van der Waals surface area contributed by atoms with E-state index in [0.29, 0.717) is 0 Å². The molecule has 0 aliphatic heterocycles. The van der Waals surface area contributed by atoms with Crippen LogP contribution in [0.4, 0.5) is 0 Å². The second-order valence-electron chi connectivity index (χ2n) is 4.76. The van der Waals surface area contributed by atoms with Gasteiger partial charge in [-0.05, 0) is 39.6 Å². The highest BCUT2D eigenvalue weighted by atomic mass is 127. The van der Waals surface area contributed by atoms with E-state index < -0.39 is 0 Å². The Labute approximate surface area is 109 Å². The van der Waals surface area contributed by atoms with Gasteiger partial charge in [0.1, 0.15) is 0 Å². The number of hydrogen-bond donors (Lipinski definition) is 0. The summed E-state index contributed by atoms with van der Waals surface area (Å²) in [5, 5.41) is 4.22. The van der Waals surface area contributed by atoms with E-state index in [1.165, 1.54) is 5.56 Å². The third-order valence-corrected chi connectivity index (χ3v) is 2.96. The summed E-state index contributed by atoms with van der Waals surface area (Å²) in [6.07, 6.45) is 5.70. The van der Waals surface area contributed by atoms with Crippen LogP contribution in [-0.2, 0) is 5.41 Å². The third-order valence-electron chi connectivity index (χ3n) is 2.40. The zero-order valence-electron chi connectivity index (χ0n) is 9.61. The average molecular weight is 327 g/mol. The number of pyridine rings is 1. The molecule has 2 aromatic rings. The van der Waals surface area contributed by atoms with Gasteiger partial charge in [0.15, 0.2) is 5.82 Å². The Morgan fingerprint density at radius 3 is 2.38 bits per heavy atom. The van der Waals surface area contributed by atoms with Gasteiger partial charge in [-0.15, -0.1) is 0 Å². The molecule has 0 unspecified atom stereocenters. The Hall–Kier alpha value is -0.910. The molecule has 0 fully saturated rings. The second kappa shape index (κ2) is 4.16. The van der Waals surface area contributed by atoms with E-state index in [1.807, 2.05) is 24.7 Å². The average Bonchev–Trinajstić information content (AvgIpc) is 2.64. The minimum atomic E-state index is 0.143. The lowest BCUT2D eigenvalue weighted by atomic mass is 9.88. The molecule has 0 atom stereocenters. The van der Waals surface area contributed by atoms with Crippen molar-refractivity contribution in [2.45, 2.75) is 26.2 Å². The van der Waals surface area contributed by atoms with Crippen molar-refractivity contribution in [3.8, 4) is 5.82 Å². The summed E-state index contributed by atoms with van der Waals surface area (Å²) in [6, 6.07) is 4.11. The molecule has 0 spiro atoms. The Balaban J connectivity index is 2.33. The van der Waals surface area contributed by atoms with Crippen molar-refractivity contribution in [1.82, 2.24) is 14.8 Å². The Morgan fingerprint density at radius 1 is 1.19 bits per heavy atom. The molecule has 0 aliphatic carbocycles. The summed E-state index contributed by atoms with van der Waals surface area (Å²) in [5.74, 6) is 0.857. The van der Waals surface area contributed by atoms with Crippen LogP contribution in [0.5, 0.6) is 0 Å². The fourth-order valence-electron chi connectivity index (χ4n) is 1.39. The maximum Gasteiger partial charge on any atom is 0.153 e. The van der Waals surface area contributed by atoms with E-state index >= 15 is 0 Å². The largest absolute Gasteiger partial charge is 0.237 e. The summed E-state index contributed by atoms with van der Waals surface area (Å²) < 4.78 is 2.90. The maximum absolute atomic E-state index is 4.43. The molecule has 2 heterocycles. The van der Waals surface area contributed by atoms with Crippen LogP contribution in [0.25, 0.3) is 5.82 Å². The Morgan fingerprint density at radius 2 is 1.94 bits per heavy atom. The maximum atomic E-state index is 4.43. The van der Waals surface area contributed by atoms with E-state index in [2.05, 4.69) is 59.5 Å². The van der Waals surface area contributed by atoms with Crippen LogP contribution in [0.3, 0.4) is 0 Å². The first kappa shape index (κ1) is 11.6. The Bertz CT molecular complexity index is 480. The molecule has 4 heteroatoms. The molecule has 0 aliphatic rings. The zero-order valence-corrected chi connectivity index (χ0v) is 11.8. The molecular weight excluding hydrogens is 313 g/mol. The molecule has 0 saturated heterocycles. The smallest absolute Gasteiger partial charge is 0.153 e. The van der Waals surface area contributed by atoms with Crippen molar-refractivity contribution in [2.24, 2.45) is 0 Å². The highest BCUT2D eigenvalue weighted by Crippen LogP contribution is 2.21. The van der Waals surface area contributed by atoms with Crippen molar-refractivity contribution >= 4 is 22.6 Å². The first-order valence-corrected chi connectivity index (χ1v) is 6.22. The molecule has 0 saturated carbocycles. The van der Waals surface area contributed by atoms with Gasteiger partial charge in [0, 0.05) is 12.4 Å². The van der Waals surface area contributed by atoms with Crippen molar-refractivity contribution in [3.63, 3.8) is 0 Å². The summed E-state index contributed by atoms with van der Waals surface area (Å²) in [6.45, 7) is 6.54. The molecule has 84 valence electrons. The quantitative estimate of drug-likeness (QED) is 0.753. The van der Waals surface area contributed by atoms with Crippen LogP contribution in [0.15, 0.2) is 30.7 Å². The third kappa shape index (κ3) is 2.42. The van der Waals surface area contributed by atoms with Gasteiger partial charge < -0.3 is 0 Å². The lowest BCUT2D eigenvalue weighted by molar-refractivity contribution is 0.586. The topological polar surface area (TPSA) is 30.7 Å². The number of nitrogens with zero attached hydrogens (tertiary/aromatic N) is 3. The molecule has 2 aromatic heterocycles. The normalized spacial score (nSPS) is 11.8. The number of halogens is 1. The van der Waals surface area contributed by atoms with E-state index in [-0.39, 0.29) is 5.41 Å². The molecule has 16 heavy (non-hydrogen) atoms. The van der Waals surface area contributed by atoms with Crippen LogP contribution in [0.1, 0.15) is 26.3 Å². The molecule has 0 amide bonds. The van der Waals surface area contributed by atoms with Gasteiger partial charge in [0.25, 0.3) is 0 Å². The number of hydrogen-bond acceptors (Lipinski definition) is 2. The number of rotatable bonds is 1. The highest BCUT2D eigenvalue weighted by Gasteiger charge is 2.13. The molecule has 0 aromatic carbocycles. The molecule has 3 nitrogen and oxygen atoms in total. The van der Waals surface area contributed by atoms with Crippen molar-refractivity contribution in [2.75, 3.05) is 0 Å². The van der Waals surface area contributed by atoms with Crippen LogP contribution in [0, 0.1) is 3.57 Å². The second-order valence-corrected chi connectivity index (χ2v) is 6.00. The van der Waals surface area contributed by atoms with Gasteiger partial charge in [0.05, 0.1) is 9.77 Å². The summed E-state index contributed by atoms with van der Waals surface area (Å²) in [7, 11) is 0. The minimum Gasteiger partial charge on any atom is -0.237 e. The zero-order chi connectivity index (χ0) is 11.8. The highest BCUT2D eigenvalue weighted by molar-refractivity contribution is 14.1.